The predicted octanol–water partition coefficient (Wildman–Crippen LogP) is 2.35. The molecule has 2 rings (SSSR count). The fourth-order valence-corrected chi connectivity index (χ4v) is 1.81. The molecule has 0 saturated heterocycles. The number of aliphatic carboxylic acids is 1. The molecule has 0 bridgehead atoms. The van der Waals surface area contributed by atoms with Crippen molar-refractivity contribution in [3.05, 3.63) is 34.3 Å². The Kier molecular flexibility index (Phi) is 2.73. The van der Waals surface area contributed by atoms with Gasteiger partial charge in [-0.15, -0.1) is 0 Å². The van der Waals surface area contributed by atoms with E-state index >= 15 is 0 Å². The predicted molar refractivity (Wildman–Crippen MR) is 57.7 cm³/mol. The van der Waals surface area contributed by atoms with E-state index in [1.165, 1.54) is 0 Å². The third-order valence-electron chi connectivity index (χ3n) is 2.14. The van der Waals surface area contributed by atoms with Gasteiger partial charge < -0.3 is 9.94 Å². The van der Waals surface area contributed by atoms with Gasteiger partial charge in [0.2, 0.25) is 0 Å². The van der Waals surface area contributed by atoms with Crippen molar-refractivity contribution in [3.8, 4) is 0 Å². The van der Waals surface area contributed by atoms with Crippen LogP contribution >= 0.6 is 15.9 Å². The van der Waals surface area contributed by atoms with Gasteiger partial charge in [-0.3, -0.25) is 0 Å². The Bertz CT molecular complexity index is 430. The molecule has 4 nitrogen and oxygen atoms in total. The molecule has 1 aliphatic rings. The van der Waals surface area contributed by atoms with E-state index in [1.54, 1.807) is 0 Å². The van der Waals surface area contributed by atoms with Crippen LogP contribution in [0.2, 0.25) is 0 Å². The maximum absolute atomic E-state index is 10.6. The molecule has 0 radical (unpaired) electrons. The molecule has 1 N–H and O–H groups in total. The summed E-state index contributed by atoms with van der Waals surface area (Å²) in [5.74, 6) is -1.02. The molecule has 15 heavy (non-hydrogen) atoms. The molecule has 0 saturated carbocycles. The summed E-state index contributed by atoms with van der Waals surface area (Å²) in [5, 5.41) is 12.2. The average Bonchev–Trinajstić information content (AvgIpc) is 2.66. The van der Waals surface area contributed by atoms with Gasteiger partial charge in [-0.2, -0.15) is 0 Å². The van der Waals surface area contributed by atoms with Crippen LogP contribution in [-0.4, -0.2) is 16.8 Å². The third kappa shape index (κ3) is 2.18. The van der Waals surface area contributed by atoms with Crippen molar-refractivity contribution < 1.29 is 14.7 Å². The zero-order valence-corrected chi connectivity index (χ0v) is 9.27. The molecule has 0 spiro atoms. The van der Waals surface area contributed by atoms with Crippen molar-refractivity contribution in [2.45, 2.75) is 12.5 Å². The first-order valence-electron chi connectivity index (χ1n) is 4.38. The summed E-state index contributed by atoms with van der Waals surface area (Å²) < 4.78 is 0.937. The van der Waals surface area contributed by atoms with Crippen LogP contribution in [0, 0.1) is 0 Å². The van der Waals surface area contributed by atoms with Crippen LogP contribution in [0.1, 0.15) is 18.1 Å². The lowest BCUT2D eigenvalue weighted by Crippen LogP contribution is -2.11. The molecule has 0 aliphatic carbocycles. The summed E-state index contributed by atoms with van der Waals surface area (Å²) in [5.41, 5.74) is 0.990. The summed E-state index contributed by atoms with van der Waals surface area (Å²) >= 11 is 3.34. The Morgan fingerprint density at radius 3 is 3.00 bits per heavy atom. The molecule has 0 fully saturated rings. The maximum Gasteiger partial charge on any atom is 0.353 e. The highest BCUT2D eigenvalue weighted by Gasteiger charge is 2.26. The van der Waals surface area contributed by atoms with Gasteiger partial charge in [0.1, 0.15) is 0 Å². The normalized spacial score (nSPS) is 19.5. The van der Waals surface area contributed by atoms with Crippen LogP contribution in [0.25, 0.3) is 0 Å². The second-order valence-corrected chi connectivity index (χ2v) is 4.11. The average molecular weight is 270 g/mol. The molecule has 0 amide bonds. The molecule has 1 heterocycles. The minimum atomic E-state index is -1.02. The fourth-order valence-electron chi connectivity index (χ4n) is 1.39. The van der Waals surface area contributed by atoms with Crippen LogP contribution in [0.15, 0.2) is 33.9 Å². The van der Waals surface area contributed by atoms with Crippen molar-refractivity contribution in [1.82, 2.24) is 0 Å². The maximum atomic E-state index is 10.6. The molecular weight excluding hydrogens is 262 g/mol. The molecule has 78 valence electrons. The van der Waals surface area contributed by atoms with Crippen molar-refractivity contribution in [1.29, 1.82) is 0 Å². The lowest BCUT2D eigenvalue weighted by Gasteiger charge is -2.07. The van der Waals surface area contributed by atoms with E-state index in [-0.39, 0.29) is 11.8 Å². The van der Waals surface area contributed by atoms with E-state index in [0.717, 1.165) is 10.0 Å². The summed E-state index contributed by atoms with van der Waals surface area (Å²) in [6.45, 7) is 0. The van der Waals surface area contributed by atoms with Crippen molar-refractivity contribution >= 4 is 27.6 Å². The van der Waals surface area contributed by atoms with Crippen LogP contribution in [-0.2, 0) is 9.63 Å². The molecule has 1 unspecified atom stereocenters. The van der Waals surface area contributed by atoms with E-state index in [2.05, 4.69) is 21.1 Å². The topological polar surface area (TPSA) is 58.9 Å². The first-order chi connectivity index (χ1) is 7.16. The number of oxime groups is 1. The highest BCUT2D eigenvalue weighted by atomic mass is 79.9. The first kappa shape index (κ1) is 10.2. The van der Waals surface area contributed by atoms with Crippen LogP contribution in [0.5, 0.6) is 0 Å². The minimum Gasteiger partial charge on any atom is -0.477 e. The number of carboxylic acids is 1. The monoisotopic (exact) mass is 269 g/mol. The van der Waals surface area contributed by atoms with Gasteiger partial charge in [0.25, 0.3) is 0 Å². The zero-order valence-electron chi connectivity index (χ0n) is 7.68. The molecule has 1 atom stereocenters. The highest BCUT2D eigenvalue weighted by molar-refractivity contribution is 9.10. The number of hydrogen-bond donors (Lipinski definition) is 1. The quantitative estimate of drug-likeness (QED) is 0.897. The number of halogens is 1. The standard InChI is InChI=1S/C10H8BrNO3/c11-7-3-1-2-6(4-7)9-5-8(10(13)14)12-15-9/h1-4,9H,5H2,(H,13,14). The number of carboxylic acid groups (broad SMARTS) is 1. The molecular formula is C10H8BrNO3. The van der Waals surface area contributed by atoms with Gasteiger partial charge in [0.15, 0.2) is 11.8 Å². The van der Waals surface area contributed by atoms with Gasteiger partial charge in [0, 0.05) is 10.9 Å². The SMILES string of the molecule is O=C(O)C1=NOC(c2cccc(Br)c2)C1. The summed E-state index contributed by atoms with van der Waals surface area (Å²) in [6.07, 6.45) is 0.0276. The summed E-state index contributed by atoms with van der Waals surface area (Å²) in [7, 11) is 0. The van der Waals surface area contributed by atoms with E-state index in [0.29, 0.717) is 6.42 Å². The highest BCUT2D eigenvalue weighted by Crippen LogP contribution is 2.28. The molecule has 1 aromatic carbocycles. The Labute approximate surface area is 94.7 Å². The smallest absolute Gasteiger partial charge is 0.353 e. The minimum absolute atomic E-state index is 0.0694. The van der Waals surface area contributed by atoms with Crippen molar-refractivity contribution in [2.75, 3.05) is 0 Å². The number of carbonyl (C=O) groups is 1. The Morgan fingerprint density at radius 1 is 1.60 bits per heavy atom. The fraction of sp³-hybridized carbons (Fsp3) is 0.200. The third-order valence-corrected chi connectivity index (χ3v) is 2.63. The van der Waals surface area contributed by atoms with Gasteiger partial charge in [-0.1, -0.05) is 33.2 Å². The van der Waals surface area contributed by atoms with E-state index in [1.807, 2.05) is 24.3 Å². The molecule has 5 heteroatoms. The molecule has 1 aliphatic heterocycles. The summed E-state index contributed by atoms with van der Waals surface area (Å²) in [6, 6.07) is 7.56. The van der Waals surface area contributed by atoms with Gasteiger partial charge in [-0.05, 0) is 17.7 Å². The largest absolute Gasteiger partial charge is 0.477 e. The van der Waals surface area contributed by atoms with Gasteiger partial charge >= 0.3 is 5.97 Å². The lowest BCUT2D eigenvalue weighted by atomic mass is 10.1. The number of hydrogen-bond acceptors (Lipinski definition) is 3. The zero-order chi connectivity index (χ0) is 10.8. The molecule has 0 aromatic heterocycles. The second-order valence-electron chi connectivity index (χ2n) is 3.20. The molecule has 1 aromatic rings. The van der Waals surface area contributed by atoms with Crippen LogP contribution in [0.3, 0.4) is 0 Å². The number of benzene rings is 1. The van der Waals surface area contributed by atoms with Crippen molar-refractivity contribution in [2.24, 2.45) is 5.16 Å². The Balaban J connectivity index is 2.13. The number of nitrogens with zero attached hydrogens (tertiary/aromatic N) is 1. The van der Waals surface area contributed by atoms with Gasteiger partial charge in [-0.25, -0.2) is 4.79 Å². The van der Waals surface area contributed by atoms with E-state index < -0.39 is 5.97 Å². The lowest BCUT2D eigenvalue weighted by molar-refractivity contribution is -0.129. The number of rotatable bonds is 2. The van der Waals surface area contributed by atoms with Crippen LogP contribution in [0.4, 0.5) is 0 Å². The van der Waals surface area contributed by atoms with Gasteiger partial charge in [0.05, 0.1) is 0 Å². The van der Waals surface area contributed by atoms with E-state index in [4.69, 9.17) is 9.94 Å². The Morgan fingerprint density at radius 2 is 2.40 bits per heavy atom. The van der Waals surface area contributed by atoms with Crippen molar-refractivity contribution in [3.63, 3.8) is 0 Å². The van der Waals surface area contributed by atoms with Crippen LogP contribution < -0.4 is 0 Å². The second kappa shape index (κ2) is 4.02. The van der Waals surface area contributed by atoms with E-state index in [9.17, 15) is 4.79 Å². The summed E-state index contributed by atoms with van der Waals surface area (Å²) in [4.78, 5) is 15.7. The first-order valence-corrected chi connectivity index (χ1v) is 5.17. The Hall–Kier alpha value is -1.36.